The highest BCUT2D eigenvalue weighted by Crippen LogP contribution is 2.30. The van der Waals surface area contributed by atoms with Crippen molar-refractivity contribution in [1.29, 1.82) is 5.26 Å². The van der Waals surface area contributed by atoms with Gasteiger partial charge >= 0.3 is 11.9 Å². The molecule has 0 aliphatic carbocycles. The number of rotatable bonds is 9. The quantitative estimate of drug-likeness (QED) is 0.543. The minimum atomic E-state index is -1.26. The first-order chi connectivity index (χ1) is 15.8. The van der Waals surface area contributed by atoms with Gasteiger partial charge in [-0.15, -0.1) is 0 Å². The minimum absolute atomic E-state index is 0.0588. The maximum Gasteiger partial charge on any atom is 0.341 e. The molecule has 10 heteroatoms. The molecule has 0 saturated carbocycles. The highest BCUT2D eigenvalue weighted by Gasteiger charge is 2.36. The fourth-order valence-electron chi connectivity index (χ4n) is 3.52. The molecule has 1 heterocycles. The Morgan fingerprint density at radius 2 is 1.67 bits per heavy atom. The van der Waals surface area contributed by atoms with Crippen molar-refractivity contribution in [3.05, 3.63) is 59.2 Å². The van der Waals surface area contributed by atoms with E-state index in [9.17, 15) is 19.2 Å². The molecule has 1 fully saturated rings. The normalized spacial score (nSPS) is 14.9. The van der Waals surface area contributed by atoms with Crippen LogP contribution in [-0.2, 0) is 9.59 Å². The summed E-state index contributed by atoms with van der Waals surface area (Å²) in [6, 6.07) is 11.3. The van der Waals surface area contributed by atoms with E-state index < -0.39 is 37.0 Å². The van der Waals surface area contributed by atoms with Crippen LogP contribution in [0.2, 0.25) is 0 Å². The van der Waals surface area contributed by atoms with E-state index in [0.717, 1.165) is 0 Å². The summed E-state index contributed by atoms with van der Waals surface area (Å²) in [7, 11) is 0. The van der Waals surface area contributed by atoms with Crippen LogP contribution in [0.4, 0.5) is 0 Å². The average molecular weight is 452 g/mol. The molecule has 0 aromatic heterocycles. The predicted octanol–water partition coefficient (Wildman–Crippen LogP) is 1.97. The maximum atomic E-state index is 13.3. The molecule has 1 saturated heterocycles. The highest BCUT2D eigenvalue weighted by atomic mass is 16.5. The van der Waals surface area contributed by atoms with Gasteiger partial charge in [0.2, 0.25) is 0 Å². The zero-order chi connectivity index (χ0) is 24.0. The Morgan fingerprint density at radius 1 is 1.00 bits per heavy atom. The third-order valence-corrected chi connectivity index (χ3v) is 5.01. The van der Waals surface area contributed by atoms with Crippen LogP contribution in [0.15, 0.2) is 42.5 Å². The lowest BCUT2D eigenvalue weighted by Crippen LogP contribution is -2.40. The van der Waals surface area contributed by atoms with Gasteiger partial charge in [-0.25, -0.2) is 9.59 Å². The maximum absolute atomic E-state index is 13.3. The molecular formula is C23H20N2O8. The van der Waals surface area contributed by atoms with Gasteiger partial charge in [-0.05, 0) is 49.2 Å². The smallest absolute Gasteiger partial charge is 0.341 e. The summed E-state index contributed by atoms with van der Waals surface area (Å²) in [5.74, 6) is -3.24. The molecule has 2 aromatic rings. The lowest BCUT2D eigenvalue weighted by Gasteiger charge is -2.24. The molecule has 0 radical (unpaired) electrons. The first-order valence-electron chi connectivity index (χ1n) is 9.98. The zero-order valence-corrected chi connectivity index (χ0v) is 17.4. The molecule has 33 heavy (non-hydrogen) atoms. The molecule has 1 aliphatic rings. The van der Waals surface area contributed by atoms with E-state index in [1.807, 2.05) is 6.07 Å². The third-order valence-electron chi connectivity index (χ3n) is 5.01. The summed E-state index contributed by atoms with van der Waals surface area (Å²) in [5.41, 5.74) is 0.808. The standard InChI is InChI=1S/C23H20N2O8/c24-11-14-3-5-15(6-4-14)23(31)25-9-1-2-18(25)22(30)17-8-7-16(32-12-20(26)27)10-19(17)33-13-21(28)29/h3-8,10,18H,1-2,9,12-13H2,(H,26,27)(H,28,29)/t18-/m0/s1. The van der Waals surface area contributed by atoms with Crippen molar-refractivity contribution in [2.75, 3.05) is 19.8 Å². The number of carbonyl (C=O) groups excluding carboxylic acids is 2. The summed E-state index contributed by atoms with van der Waals surface area (Å²) in [4.78, 5) is 49.5. The number of nitrogens with zero attached hydrogens (tertiary/aromatic N) is 2. The molecule has 1 aliphatic heterocycles. The summed E-state index contributed by atoms with van der Waals surface area (Å²) in [5, 5.41) is 26.6. The first-order valence-corrected chi connectivity index (χ1v) is 9.98. The molecule has 0 unspecified atom stereocenters. The molecule has 0 bridgehead atoms. The largest absolute Gasteiger partial charge is 0.482 e. The predicted molar refractivity (Wildman–Crippen MR) is 112 cm³/mol. The van der Waals surface area contributed by atoms with Gasteiger partial charge in [0.15, 0.2) is 19.0 Å². The van der Waals surface area contributed by atoms with E-state index in [1.54, 1.807) is 0 Å². The molecule has 2 aromatic carbocycles. The van der Waals surface area contributed by atoms with Gasteiger partial charge in [0.25, 0.3) is 5.91 Å². The van der Waals surface area contributed by atoms with Crippen LogP contribution in [0.5, 0.6) is 11.5 Å². The fourth-order valence-corrected chi connectivity index (χ4v) is 3.52. The summed E-state index contributed by atoms with van der Waals surface area (Å²) in [6.07, 6.45) is 1.01. The molecular weight excluding hydrogens is 432 g/mol. The fraction of sp³-hybridized carbons (Fsp3) is 0.261. The van der Waals surface area contributed by atoms with E-state index in [0.29, 0.717) is 30.5 Å². The van der Waals surface area contributed by atoms with Crippen LogP contribution < -0.4 is 9.47 Å². The monoisotopic (exact) mass is 452 g/mol. The Bertz CT molecular complexity index is 1120. The van der Waals surface area contributed by atoms with Gasteiger partial charge in [-0.3, -0.25) is 9.59 Å². The number of ether oxygens (including phenoxy) is 2. The van der Waals surface area contributed by atoms with Crippen molar-refractivity contribution in [1.82, 2.24) is 4.90 Å². The van der Waals surface area contributed by atoms with E-state index in [2.05, 4.69) is 0 Å². The van der Waals surface area contributed by atoms with Crippen LogP contribution in [-0.4, -0.2) is 64.5 Å². The number of Topliss-reactive ketones (excluding diaryl/α,β-unsaturated/α-hetero) is 1. The average Bonchev–Trinajstić information content (AvgIpc) is 3.30. The van der Waals surface area contributed by atoms with E-state index in [-0.39, 0.29) is 23.0 Å². The number of hydrogen-bond donors (Lipinski definition) is 2. The van der Waals surface area contributed by atoms with Gasteiger partial charge in [-0.2, -0.15) is 5.26 Å². The number of hydrogen-bond acceptors (Lipinski definition) is 7. The number of carboxylic acids is 2. The summed E-state index contributed by atoms with van der Waals surface area (Å²) >= 11 is 0. The Morgan fingerprint density at radius 3 is 2.30 bits per heavy atom. The van der Waals surface area contributed by atoms with Crippen LogP contribution in [0.25, 0.3) is 0 Å². The number of aliphatic carboxylic acids is 2. The van der Waals surface area contributed by atoms with Gasteiger partial charge in [0, 0.05) is 18.2 Å². The van der Waals surface area contributed by atoms with Crippen molar-refractivity contribution in [3.8, 4) is 17.6 Å². The van der Waals surface area contributed by atoms with Gasteiger partial charge in [0.1, 0.15) is 11.5 Å². The number of carboxylic acid groups (broad SMARTS) is 2. The molecule has 170 valence electrons. The van der Waals surface area contributed by atoms with Crippen molar-refractivity contribution >= 4 is 23.6 Å². The van der Waals surface area contributed by atoms with Crippen molar-refractivity contribution in [2.24, 2.45) is 0 Å². The SMILES string of the molecule is N#Cc1ccc(C(=O)N2CCC[C@H]2C(=O)c2ccc(OCC(=O)O)cc2OCC(=O)O)cc1. The number of nitriles is 1. The van der Waals surface area contributed by atoms with E-state index in [1.165, 1.54) is 47.4 Å². The number of benzene rings is 2. The van der Waals surface area contributed by atoms with Crippen LogP contribution in [0.3, 0.4) is 0 Å². The Kier molecular flexibility index (Phi) is 7.25. The number of amides is 1. The molecule has 1 atom stereocenters. The van der Waals surface area contributed by atoms with Crippen LogP contribution in [0, 0.1) is 11.3 Å². The minimum Gasteiger partial charge on any atom is -0.482 e. The molecule has 1 amide bonds. The first kappa shape index (κ1) is 23.3. The molecule has 3 rings (SSSR count). The Balaban J connectivity index is 1.86. The van der Waals surface area contributed by atoms with Crippen molar-refractivity contribution in [3.63, 3.8) is 0 Å². The van der Waals surface area contributed by atoms with E-state index in [4.69, 9.17) is 24.9 Å². The Hall–Kier alpha value is -4.39. The molecule has 10 nitrogen and oxygen atoms in total. The second-order valence-corrected chi connectivity index (χ2v) is 7.23. The molecule has 0 spiro atoms. The third kappa shape index (κ3) is 5.65. The number of ketones is 1. The molecule has 2 N–H and O–H groups in total. The highest BCUT2D eigenvalue weighted by molar-refractivity contribution is 6.06. The summed E-state index contributed by atoms with van der Waals surface area (Å²) < 4.78 is 10.3. The van der Waals surface area contributed by atoms with Crippen LogP contribution in [0.1, 0.15) is 39.1 Å². The topological polar surface area (TPSA) is 154 Å². The lowest BCUT2D eigenvalue weighted by molar-refractivity contribution is -0.140. The Labute approximate surface area is 188 Å². The van der Waals surface area contributed by atoms with Crippen molar-refractivity contribution in [2.45, 2.75) is 18.9 Å². The van der Waals surface area contributed by atoms with Gasteiger partial charge in [0.05, 0.1) is 23.2 Å². The lowest BCUT2D eigenvalue weighted by atomic mass is 10.00. The van der Waals surface area contributed by atoms with Crippen LogP contribution >= 0.6 is 0 Å². The second-order valence-electron chi connectivity index (χ2n) is 7.23. The van der Waals surface area contributed by atoms with Crippen molar-refractivity contribution < 1.29 is 38.9 Å². The van der Waals surface area contributed by atoms with E-state index >= 15 is 0 Å². The number of carbonyl (C=O) groups is 4. The van der Waals surface area contributed by atoms with Gasteiger partial charge < -0.3 is 24.6 Å². The van der Waals surface area contributed by atoms with Gasteiger partial charge in [-0.1, -0.05) is 0 Å². The second kappa shape index (κ2) is 10.3. The zero-order valence-electron chi connectivity index (χ0n) is 17.4. The summed E-state index contributed by atoms with van der Waals surface area (Å²) in [6.45, 7) is -0.983. The number of likely N-dealkylation sites (tertiary alicyclic amines) is 1.